The van der Waals surface area contributed by atoms with E-state index in [4.69, 9.17) is 5.73 Å². The molecule has 0 saturated heterocycles. The monoisotopic (exact) mass is 350 g/mol. The molecule has 2 rings (SSSR count). The van der Waals surface area contributed by atoms with Gasteiger partial charge in [-0.1, -0.05) is 0 Å². The maximum absolute atomic E-state index is 12.4. The molecule has 0 radical (unpaired) electrons. The van der Waals surface area contributed by atoms with Gasteiger partial charge in [0.1, 0.15) is 17.4 Å². The number of amides is 2. The molecule has 0 saturated carbocycles. The number of carbonyl (C=O) groups excluding carboxylic acids is 2. The Morgan fingerprint density at radius 1 is 1.23 bits per heavy atom. The minimum absolute atomic E-state index is 0.0719. The third-order valence-electron chi connectivity index (χ3n) is 3.59. The number of nitrogens with two attached hydrogens (primary N) is 1. The van der Waals surface area contributed by atoms with Crippen molar-refractivity contribution in [2.75, 3.05) is 16.0 Å². The lowest BCUT2D eigenvalue weighted by atomic mass is 10.1. The predicted molar refractivity (Wildman–Crippen MR) is 99.2 cm³/mol. The molecule has 0 fully saturated rings. The fourth-order valence-corrected chi connectivity index (χ4v) is 2.23. The summed E-state index contributed by atoms with van der Waals surface area (Å²) in [6.45, 7) is 3.03. The standard InChI is InChI=1S/C19H18N4O3/c1-12-9-17(25)7-8-18(12)22-19(26)14(10-20)11-23(13(2)24)16-5-3-15(21)4-6-16/h3-9,11,25H,21H2,1-2H3,(H,22,26)/b14-11-. The molecule has 0 aromatic heterocycles. The molecule has 0 aliphatic rings. The van der Waals surface area contributed by atoms with Gasteiger partial charge < -0.3 is 16.2 Å². The summed E-state index contributed by atoms with van der Waals surface area (Å²) in [5, 5.41) is 21.4. The number of nitrogens with one attached hydrogen (secondary N) is 1. The Kier molecular flexibility index (Phi) is 5.60. The highest BCUT2D eigenvalue weighted by atomic mass is 16.3. The van der Waals surface area contributed by atoms with E-state index in [1.165, 1.54) is 36.2 Å². The van der Waals surface area contributed by atoms with Crippen LogP contribution in [0.5, 0.6) is 5.75 Å². The Labute approximate surface area is 151 Å². The van der Waals surface area contributed by atoms with Crippen LogP contribution in [0.2, 0.25) is 0 Å². The molecule has 26 heavy (non-hydrogen) atoms. The first-order valence-corrected chi connectivity index (χ1v) is 7.70. The minimum Gasteiger partial charge on any atom is -0.508 e. The highest BCUT2D eigenvalue weighted by Crippen LogP contribution is 2.21. The summed E-state index contributed by atoms with van der Waals surface area (Å²) in [5.41, 5.74) is 7.49. The zero-order chi connectivity index (χ0) is 19.3. The Hall–Kier alpha value is -3.79. The van der Waals surface area contributed by atoms with Gasteiger partial charge in [-0.3, -0.25) is 14.5 Å². The smallest absolute Gasteiger partial charge is 0.267 e. The molecule has 4 N–H and O–H groups in total. The van der Waals surface area contributed by atoms with E-state index in [1.54, 1.807) is 37.3 Å². The second kappa shape index (κ2) is 7.85. The van der Waals surface area contributed by atoms with Crippen molar-refractivity contribution in [3.05, 3.63) is 59.8 Å². The Balaban J connectivity index is 2.31. The van der Waals surface area contributed by atoms with Crippen LogP contribution in [0.3, 0.4) is 0 Å². The molecule has 0 unspecified atom stereocenters. The molecule has 0 atom stereocenters. The summed E-state index contributed by atoms with van der Waals surface area (Å²) in [5.74, 6) is -0.957. The van der Waals surface area contributed by atoms with Crippen LogP contribution < -0.4 is 16.0 Å². The van der Waals surface area contributed by atoms with E-state index in [1.807, 2.05) is 0 Å². The van der Waals surface area contributed by atoms with Gasteiger partial charge in [0, 0.05) is 30.2 Å². The zero-order valence-corrected chi connectivity index (χ0v) is 14.4. The lowest BCUT2D eigenvalue weighted by Crippen LogP contribution is -2.25. The quantitative estimate of drug-likeness (QED) is 0.339. The number of aryl methyl sites for hydroxylation is 1. The van der Waals surface area contributed by atoms with Crippen LogP contribution in [0.4, 0.5) is 17.1 Å². The highest BCUT2D eigenvalue weighted by Gasteiger charge is 2.16. The van der Waals surface area contributed by atoms with Crippen molar-refractivity contribution in [2.45, 2.75) is 13.8 Å². The van der Waals surface area contributed by atoms with Gasteiger partial charge in [-0.25, -0.2) is 0 Å². The van der Waals surface area contributed by atoms with E-state index in [9.17, 15) is 20.0 Å². The molecule has 7 nitrogen and oxygen atoms in total. The van der Waals surface area contributed by atoms with Crippen LogP contribution in [-0.2, 0) is 9.59 Å². The van der Waals surface area contributed by atoms with Crippen LogP contribution in [0, 0.1) is 18.3 Å². The number of nitrogens with zero attached hydrogens (tertiary/aromatic N) is 2. The van der Waals surface area contributed by atoms with Gasteiger partial charge in [0.15, 0.2) is 0 Å². The van der Waals surface area contributed by atoms with Crippen molar-refractivity contribution in [3.63, 3.8) is 0 Å². The SMILES string of the molecule is CC(=O)N(/C=C(/C#N)C(=O)Nc1ccc(O)cc1C)c1ccc(N)cc1. The van der Waals surface area contributed by atoms with Crippen molar-refractivity contribution < 1.29 is 14.7 Å². The van der Waals surface area contributed by atoms with E-state index in [2.05, 4.69) is 5.32 Å². The first-order chi connectivity index (χ1) is 12.3. The molecule has 2 aromatic carbocycles. The molecule has 0 bridgehead atoms. The van der Waals surface area contributed by atoms with Crippen molar-refractivity contribution >= 4 is 28.9 Å². The lowest BCUT2D eigenvalue weighted by molar-refractivity contribution is -0.116. The topological polar surface area (TPSA) is 119 Å². The first kappa shape index (κ1) is 18.5. The second-order valence-corrected chi connectivity index (χ2v) is 5.59. The summed E-state index contributed by atoms with van der Waals surface area (Å²) < 4.78 is 0. The zero-order valence-electron chi connectivity index (χ0n) is 14.4. The number of nitrogen functional groups attached to an aromatic ring is 1. The van der Waals surface area contributed by atoms with Crippen LogP contribution >= 0.6 is 0 Å². The number of carbonyl (C=O) groups is 2. The fraction of sp³-hybridized carbons (Fsp3) is 0.105. The highest BCUT2D eigenvalue weighted by molar-refractivity contribution is 6.08. The molecule has 2 amide bonds. The summed E-state index contributed by atoms with van der Waals surface area (Å²) in [4.78, 5) is 25.5. The summed E-state index contributed by atoms with van der Waals surface area (Å²) in [6.07, 6.45) is 1.18. The third-order valence-corrected chi connectivity index (χ3v) is 3.59. The van der Waals surface area contributed by atoms with Crippen molar-refractivity contribution in [1.29, 1.82) is 5.26 Å². The molecule has 2 aromatic rings. The average molecular weight is 350 g/mol. The molecule has 0 aliphatic carbocycles. The van der Waals surface area contributed by atoms with Crippen molar-refractivity contribution in [1.82, 2.24) is 0 Å². The van der Waals surface area contributed by atoms with Gasteiger partial charge in [0.2, 0.25) is 5.91 Å². The van der Waals surface area contributed by atoms with Gasteiger partial charge in [-0.2, -0.15) is 5.26 Å². The summed E-state index contributed by atoms with van der Waals surface area (Å²) >= 11 is 0. The van der Waals surface area contributed by atoms with Gasteiger partial charge in [-0.15, -0.1) is 0 Å². The van der Waals surface area contributed by atoms with Crippen molar-refractivity contribution in [3.8, 4) is 11.8 Å². The minimum atomic E-state index is -0.664. The van der Waals surface area contributed by atoms with Crippen LogP contribution in [0.15, 0.2) is 54.2 Å². The van der Waals surface area contributed by atoms with Crippen LogP contribution in [-0.4, -0.2) is 16.9 Å². The Bertz CT molecular complexity index is 911. The predicted octanol–water partition coefficient (Wildman–Crippen LogP) is 2.68. The molecule has 0 spiro atoms. The number of rotatable bonds is 4. The normalized spacial score (nSPS) is 10.7. The Morgan fingerprint density at radius 3 is 2.42 bits per heavy atom. The van der Waals surface area contributed by atoms with Gasteiger partial charge in [0.25, 0.3) is 5.91 Å². The number of phenolic OH excluding ortho intramolecular Hbond substituents is 1. The summed E-state index contributed by atoms with van der Waals surface area (Å²) in [7, 11) is 0. The lowest BCUT2D eigenvalue weighted by Gasteiger charge is -2.17. The summed E-state index contributed by atoms with van der Waals surface area (Å²) in [6, 6.07) is 12.7. The fourth-order valence-electron chi connectivity index (χ4n) is 2.23. The molecular formula is C19H18N4O3. The molecular weight excluding hydrogens is 332 g/mol. The van der Waals surface area contributed by atoms with Crippen molar-refractivity contribution in [2.24, 2.45) is 0 Å². The first-order valence-electron chi connectivity index (χ1n) is 7.70. The molecule has 0 aliphatic heterocycles. The van der Waals surface area contributed by atoms with E-state index in [0.717, 1.165) is 0 Å². The van der Waals surface area contributed by atoms with E-state index in [-0.39, 0.29) is 17.2 Å². The molecule has 0 heterocycles. The van der Waals surface area contributed by atoms with Crippen LogP contribution in [0.25, 0.3) is 0 Å². The second-order valence-electron chi connectivity index (χ2n) is 5.59. The van der Waals surface area contributed by atoms with Gasteiger partial charge >= 0.3 is 0 Å². The molecule has 132 valence electrons. The average Bonchev–Trinajstić information content (AvgIpc) is 2.59. The number of aromatic hydroxyl groups is 1. The van der Waals surface area contributed by atoms with Gasteiger partial charge in [-0.05, 0) is 55.0 Å². The van der Waals surface area contributed by atoms with Gasteiger partial charge in [0.05, 0.1) is 0 Å². The Morgan fingerprint density at radius 2 is 1.88 bits per heavy atom. The van der Waals surface area contributed by atoms with E-state index < -0.39 is 5.91 Å². The largest absolute Gasteiger partial charge is 0.508 e. The molecule has 7 heteroatoms. The van der Waals surface area contributed by atoms with E-state index >= 15 is 0 Å². The number of nitriles is 1. The third kappa shape index (κ3) is 4.39. The number of anilines is 3. The number of hydrogen-bond acceptors (Lipinski definition) is 5. The number of benzene rings is 2. The van der Waals surface area contributed by atoms with E-state index in [0.29, 0.717) is 22.6 Å². The number of hydrogen-bond donors (Lipinski definition) is 3. The maximum atomic E-state index is 12.4. The number of phenols is 1. The van der Waals surface area contributed by atoms with Crippen LogP contribution in [0.1, 0.15) is 12.5 Å². The maximum Gasteiger partial charge on any atom is 0.267 e.